The van der Waals surface area contributed by atoms with Gasteiger partial charge in [0.2, 0.25) is 0 Å². The standard InChI is InChI=1S/C10H6ClF4N3O/c11-10(14,15)9-17-8(18-19-9)7(16)5-2-1-4(12)3-6(5)13/h1-3,7H,16H2. The van der Waals surface area contributed by atoms with Crippen LogP contribution in [0.5, 0.6) is 0 Å². The minimum absolute atomic E-state index is 0.161. The molecule has 4 nitrogen and oxygen atoms in total. The number of nitrogens with two attached hydrogens (primary N) is 1. The van der Waals surface area contributed by atoms with E-state index >= 15 is 0 Å². The summed E-state index contributed by atoms with van der Waals surface area (Å²) in [5.41, 5.74) is 5.43. The molecule has 1 aromatic carbocycles. The molecule has 9 heteroatoms. The van der Waals surface area contributed by atoms with E-state index in [1.807, 2.05) is 0 Å². The van der Waals surface area contributed by atoms with Crippen LogP contribution in [0.25, 0.3) is 0 Å². The van der Waals surface area contributed by atoms with E-state index in [0.29, 0.717) is 6.07 Å². The van der Waals surface area contributed by atoms with Crippen LogP contribution in [0.2, 0.25) is 0 Å². The highest BCUT2D eigenvalue weighted by atomic mass is 35.5. The van der Waals surface area contributed by atoms with E-state index in [9.17, 15) is 17.6 Å². The quantitative estimate of drug-likeness (QED) is 0.698. The maximum absolute atomic E-state index is 13.4. The van der Waals surface area contributed by atoms with Crippen molar-refractivity contribution in [1.29, 1.82) is 0 Å². The van der Waals surface area contributed by atoms with Gasteiger partial charge in [-0.05, 0) is 17.7 Å². The molecule has 0 radical (unpaired) electrons. The van der Waals surface area contributed by atoms with E-state index in [4.69, 9.17) is 5.73 Å². The molecule has 0 bridgehead atoms. The predicted molar refractivity (Wildman–Crippen MR) is 56.4 cm³/mol. The summed E-state index contributed by atoms with van der Waals surface area (Å²) >= 11 is 4.68. The first kappa shape index (κ1) is 13.8. The fraction of sp³-hybridized carbons (Fsp3) is 0.200. The average Bonchev–Trinajstić information content (AvgIpc) is 2.76. The Bertz CT molecular complexity index is 599. The first-order chi connectivity index (χ1) is 8.79. The van der Waals surface area contributed by atoms with Crippen LogP contribution in [-0.2, 0) is 5.38 Å². The number of nitrogens with zero attached hydrogens (tertiary/aromatic N) is 2. The normalized spacial score (nSPS) is 13.6. The van der Waals surface area contributed by atoms with E-state index < -0.39 is 28.9 Å². The summed E-state index contributed by atoms with van der Waals surface area (Å²) in [6, 6.07) is 1.35. The molecular weight excluding hydrogens is 290 g/mol. The summed E-state index contributed by atoms with van der Waals surface area (Å²) in [5, 5.41) is -0.654. The van der Waals surface area contributed by atoms with Gasteiger partial charge >= 0.3 is 11.3 Å². The van der Waals surface area contributed by atoms with Crippen molar-refractivity contribution in [1.82, 2.24) is 10.1 Å². The zero-order chi connectivity index (χ0) is 14.2. The Balaban J connectivity index is 2.34. The van der Waals surface area contributed by atoms with Crippen molar-refractivity contribution in [2.45, 2.75) is 11.4 Å². The van der Waals surface area contributed by atoms with Crippen LogP contribution < -0.4 is 5.73 Å². The number of hydrogen-bond donors (Lipinski definition) is 1. The molecule has 1 atom stereocenters. The molecule has 0 fully saturated rings. The third-order valence-electron chi connectivity index (χ3n) is 2.26. The third kappa shape index (κ3) is 2.85. The van der Waals surface area contributed by atoms with E-state index in [1.165, 1.54) is 0 Å². The predicted octanol–water partition coefficient (Wildman–Crippen LogP) is 2.68. The minimum atomic E-state index is -3.84. The Kier molecular flexibility index (Phi) is 3.46. The topological polar surface area (TPSA) is 64.9 Å². The fourth-order valence-electron chi connectivity index (χ4n) is 1.37. The second-order valence-corrected chi connectivity index (χ2v) is 4.07. The molecule has 0 aliphatic heterocycles. The molecular formula is C10H6ClF4N3O. The molecule has 2 aromatic rings. The Morgan fingerprint density at radius 2 is 2.00 bits per heavy atom. The van der Waals surface area contributed by atoms with Crippen molar-refractivity contribution < 1.29 is 22.1 Å². The van der Waals surface area contributed by atoms with Gasteiger partial charge in [-0.3, -0.25) is 0 Å². The van der Waals surface area contributed by atoms with Crippen molar-refractivity contribution in [3.63, 3.8) is 0 Å². The Labute approximate surface area is 109 Å². The molecule has 0 aliphatic rings. The van der Waals surface area contributed by atoms with Gasteiger partial charge in [-0.15, -0.1) is 0 Å². The number of rotatable bonds is 3. The number of halogens is 5. The summed E-state index contributed by atoms with van der Waals surface area (Å²) in [6.07, 6.45) is 0. The molecule has 1 unspecified atom stereocenters. The van der Waals surface area contributed by atoms with Gasteiger partial charge < -0.3 is 10.3 Å². The lowest BCUT2D eigenvalue weighted by molar-refractivity contribution is 0.0550. The highest BCUT2D eigenvalue weighted by molar-refractivity contribution is 6.21. The lowest BCUT2D eigenvalue weighted by Gasteiger charge is -2.08. The highest BCUT2D eigenvalue weighted by Gasteiger charge is 2.36. The fourth-order valence-corrected chi connectivity index (χ4v) is 1.45. The van der Waals surface area contributed by atoms with E-state index in [1.54, 1.807) is 0 Å². The maximum Gasteiger partial charge on any atom is 0.400 e. The van der Waals surface area contributed by atoms with E-state index in [2.05, 4.69) is 26.3 Å². The number of alkyl halides is 3. The molecule has 1 aromatic heterocycles. The Morgan fingerprint density at radius 1 is 1.32 bits per heavy atom. The monoisotopic (exact) mass is 295 g/mol. The number of aromatic nitrogens is 2. The van der Waals surface area contributed by atoms with Crippen LogP contribution in [0.4, 0.5) is 17.6 Å². The smallest absolute Gasteiger partial charge is 0.331 e. The molecule has 0 saturated heterocycles. The zero-order valence-electron chi connectivity index (χ0n) is 9.08. The average molecular weight is 296 g/mol. The van der Waals surface area contributed by atoms with Crippen LogP contribution in [0, 0.1) is 11.6 Å². The van der Waals surface area contributed by atoms with Crippen LogP contribution in [0.3, 0.4) is 0 Å². The number of hydrogen-bond acceptors (Lipinski definition) is 4. The third-order valence-corrected chi connectivity index (χ3v) is 2.42. The Hall–Kier alpha value is -1.67. The van der Waals surface area contributed by atoms with Crippen LogP contribution in [0.15, 0.2) is 22.7 Å². The summed E-state index contributed by atoms with van der Waals surface area (Å²) in [7, 11) is 0. The number of benzene rings is 1. The van der Waals surface area contributed by atoms with Crippen molar-refractivity contribution in [2.75, 3.05) is 0 Å². The van der Waals surface area contributed by atoms with E-state index in [-0.39, 0.29) is 11.4 Å². The first-order valence-electron chi connectivity index (χ1n) is 4.90. The highest BCUT2D eigenvalue weighted by Crippen LogP contribution is 2.32. The molecule has 2 N–H and O–H groups in total. The van der Waals surface area contributed by atoms with Crippen molar-refractivity contribution in [3.8, 4) is 0 Å². The molecule has 0 spiro atoms. The second kappa shape index (κ2) is 4.78. The maximum atomic E-state index is 13.4. The van der Waals surface area contributed by atoms with Crippen LogP contribution in [0.1, 0.15) is 23.3 Å². The second-order valence-electron chi connectivity index (χ2n) is 3.60. The largest absolute Gasteiger partial charge is 0.400 e. The molecule has 2 rings (SSSR count). The lowest BCUT2D eigenvalue weighted by atomic mass is 10.1. The molecule has 0 amide bonds. The lowest BCUT2D eigenvalue weighted by Crippen LogP contribution is -2.16. The zero-order valence-corrected chi connectivity index (χ0v) is 9.84. The van der Waals surface area contributed by atoms with Crippen LogP contribution in [-0.4, -0.2) is 10.1 Å². The van der Waals surface area contributed by atoms with Gasteiger partial charge in [0.1, 0.15) is 11.6 Å². The van der Waals surface area contributed by atoms with Crippen molar-refractivity contribution in [2.24, 2.45) is 5.73 Å². The summed E-state index contributed by atoms with van der Waals surface area (Å²) in [4.78, 5) is 3.28. The molecule has 1 heterocycles. The minimum Gasteiger partial charge on any atom is -0.331 e. The van der Waals surface area contributed by atoms with Gasteiger partial charge in [0.25, 0.3) is 0 Å². The molecule has 0 aliphatic carbocycles. The summed E-state index contributed by atoms with van der Waals surface area (Å²) in [5.74, 6) is -3.28. The van der Waals surface area contributed by atoms with E-state index in [0.717, 1.165) is 12.1 Å². The first-order valence-corrected chi connectivity index (χ1v) is 5.28. The molecule has 102 valence electrons. The van der Waals surface area contributed by atoms with Gasteiger partial charge in [0, 0.05) is 11.6 Å². The SMILES string of the molecule is NC(c1noc(C(F)(F)Cl)n1)c1ccc(F)cc1F. The van der Waals surface area contributed by atoms with Gasteiger partial charge in [0.15, 0.2) is 5.82 Å². The van der Waals surface area contributed by atoms with Gasteiger partial charge in [0.05, 0.1) is 6.04 Å². The summed E-state index contributed by atoms with van der Waals surface area (Å²) in [6.45, 7) is 0. The van der Waals surface area contributed by atoms with Gasteiger partial charge in [-0.1, -0.05) is 11.2 Å². The Morgan fingerprint density at radius 3 is 2.53 bits per heavy atom. The van der Waals surface area contributed by atoms with Crippen LogP contribution >= 0.6 is 11.6 Å². The summed E-state index contributed by atoms with van der Waals surface area (Å²) < 4.78 is 55.7. The van der Waals surface area contributed by atoms with Crippen molar-refractivity contribution in [3.05, 3.63) is 47.1 Å². The van der Waals surface area contributed by atoms with Crippen molar-refractivity contribution >= 4 is 11.6 Å². The van der Waals surface area contributed by atoms with Gasteiger partial charge in [-0.25, -0.2) is 8.78 Å². The molecule has 0 saturated carbocycles. The molecule has 19 heavy (non-hydrogen) atoms. The van der Waals surface area contributed by atoms with Gasteiger partial charge in [-0.2, -0.15) is 13.8 Å².